The topological polar surface area (TPSA) is 82.7 Å². The summed E-state index contributed by atoms with van der Waals surface area (Å²) in [6.45, 7) is 5.09. The van der Waals surface area contributed by atoms with E-state index in [1.807, 2.05) is 0 Å². The number of piperazine rings is 1. The van der Waals surface area contributed by atoms with E-state index in [1.165, 1.54) is 0 Å². The van der Waals surface area contributed by atoms with E-state index in [2.05, 4.69) is 4.98 Å². The lowest BCUT2D eigenvalue weighted by atomic mass is 10.1. The van der Waals surface area contributed by atoms with Crippen LogP contribution in [0.4, 0.5) is 4.79 Å². The van der Waals surface area contributed by atoms with Crippen LogP contribution in [0.5, 0.6) is 0 Å². The number of rotatable bonds is 1. The molecule has 2 fully saturated rings. The largest absolute Gasteiger partial charge is 0.447 e. The summed E-state index contributed by atoms with van der Waals surface area (Å²) in [6.07, 6.45) is -0.323. The van der Waals surface area contributed by atoms with Crippen LogP contribution in [-0.4, -0.2) is 59.1 Å². The van der Waals surface area contributed by atoms with Gasteiger partial charge in [-0.15, -0.1) is 0 Å². The van der Waals surface area contributed by atoms with Crippen LogP contribution in [0.15, 0.2) is 10.9 Å². The van der Waals surface area contributed by atoms with Crippen molar-refractivity contribution >= 4 is 12.0 Å². The highest BCUT2D eigenvalue weighted by Crippen LogP contribution is 2.19. The molecule has 0 aliphatic carbocycles. The Labute approximate surface area is 121 Å². The maximum absolute atomic E-state index is 12.6. The third kappa shape index (κ3) is 2.28. The second kappa shape index (κ2) is 4.91. The van der Waals surface area contributed by atoms with E-state index in [0.29, 0.717) is 31.8 Å². The van der Waals surface area contributed by atoms with Crippen LogP contribution in [0.25, 0.3) is 0 Å². The first kappa shape index (κ1) is 13.7. The molecule has 2 amide bonds. The minimum absolute atomic E-state index is 0.111. The fourth-order valence-corrected chi connectivity index (χ4v) is 2.95. The molecule has 1 atom stereocenters. The fourth-order valence-electron chi connectivity index (χ4n) is 2.95. The van der Waals surface area contributed by atoms with Crippen molar-refractivity contribution in [1.82, 2.24) is 14.8 Å². The van der Waals surface area contributed by atoms with Crippen molar-refractivity contribution in [3.63, 3.8) is 0 Å². The number of carbonyl (C=O) groups excluding carboxylic acids is 2. The molecule has 0 saturated carbocycles. The van der Waals surface area contributed by atoms with Gasteiger partial charge in [-0.05, 0) is 25.5 Å². The Morgan fingerprint density at radius 3 is 2.81 bits per heavy atom. The standard InChI is InChI=1S/C14H17N3O4/c1-8-5-9(2)15-12(18)11(8)13(19)16-3-4-17-10(6-16)7-21-14(17)20/h5,10H,3-4,6-7H2,1-2H3,(H,15,18)/t10-/m0/s1. The summed E-state index contributed by atoms with van der Waals surface area (Å²) < 4.78 is 4.98. The highest BCUT2D eigenvalue weighted by atomic mass is 16.6. The normalized spacial score (nSPS) is 21.2. The first-order valence-electron chi connectivity index (χ1n) is 6.90. The number of hydrogen-bond acceptors (Lipinski definition) is 4. The molecule has 112 valence electrons. The maximum atomic E-state index is 12.6. The van der Waals surface area contributed by atoms with Crippen LogP contribution >= 0.6 is 0 Å². The number of aromatic amines is 1. The number of pyridine rings is 1. The summed E-state index contributed by atoms with van der Waals surface area (Å²) in [6, 6.07) is 1.67. The third-order valence-corrected chi connectivity index (χ3v) is 3.98. The second-order valence-electron chi connectivity index (χ2n) is 5.51. The fraction of sp³-hybridized carbons (Fsp3) is 0.500. The minimum Gasteiger partial charge on any atom is -0.447 e. The Hall–Kier alpha value is -2.31. The number of fused-ring (bicyclic) bond motifs is 1. The van der Waals surface area contributed by atoms with Gasteiger partial charge in [0.2, 0.25) is 0 Å². The van der Waals surface area contributed by atoms with Gasteiger partial charge in [-0.2, -0.15) is 0 Å². The number of aromatic nitrogens is 1. The van der Waals surface area contributed by atoms with Gasteiger partial charge in [0.25, 0.3) is 11.5 Å². The van der Waals surface area contributed by atoms with Crippen molar-refractivity contribution < 1.29 is 14.3 Å². The van der Waals surface area contributed by atoms with Gasteiger partial charge in [-0.3, -0.25) is 14.5 Å². The molecule has 1 aromatic rings. The summed E-state index contributed by atoms with van der Waals surface area (Å²) in [4.78, 5) is 42.0. The number of cyclic esters (lactones) is 1. The SMILES string of the molecule is Cc1cc(C)c(C(=O)N2CCN3C(=O)OC[C@@H]3C2)c(=O)[nH]1. The zero-order valence-corrected chi connectivity index (χ0v) is 12.0. The van der Waals surface area contributed by atoms with E-state index in [0.717, 1.165) is 5.69 Å². The van der Waals surface area contributed by atoms with Crippen molar-refractivity contribution in [1.29, 1.82) is 0 Å². The molecule has 7 heteroatoms. The number of nitrogens with one attached hydrogen (secondary N) is 1. The number of amides is 2. The van der Waals surface area contributed by atoms with Crippen molar-refractivity contribution in [3.05, 3.63) is 33.2 Å². The lowest BCUT2D eigenvalue weighted by Crippen LogP contribution is -2.54. The Bertz CT molecular complexity index is 667. The molecule has 0 radical (unpaired) electrons. The van der Waals surface area contributed by atoms with E-state index in [-0.39, 0.29) is 29.2 Å². The smallest absolute Gasteiger partial charge is 0.410 e. The van der Waals surface area contributed by atoms with Crippen molar-refractivity contribution in [3.8, 4) is 0 Å². The van der Waals surface area contributed by atoms with Gasteiger partial charge in [-0.1, -0.05) is 0 Å². The summed E-state index contributed by atoms with van der Waals surface area (Å²) in [7, 11) is 0. The van der Waals surface area contributed by atoms with Crippen LogP contribution in [0.3, 0.4) is 0 Å². The summed E-state index contributed by atoms with van der Waals surface area (Å²) in [5.74, 6) is -0.284. The van der Waals surface area contributed by atoms with E-state index in [4.69, 9.17) is 4.74 Å². The summed E-state index contributed by atoms with van der Waals surface area (Å²) >= 11 is 0. The molecule has 0 aromatic carbocycles. The molecular weight excluding hydrogens is 274 g/mol. The van der Waals surface area contributed by atoms with E-state index >= 15 is 0 Å². The Kier molecular flexibility index (Phi) is 3.19. The average molecular weight is 291 g/mol. The van der Waals surface area contributed by atoms with Gasteiger partial charge in [0.05, 0.1) is 6.04 Å². The molecular formula is C14H17N3O4. The monoisotopic (exact) mass is 291 g/mol. The average Bonchev–Trinajstić information content (AvgIpc) is 2.78. The molecule has 0 bridgehead atoms. The third-order valence-electron chi connectivity index (χ3n) is 3.98. The molecule has 1 aromatic heterocycles. The van der Waals surface area contributed by atoms with Gasteiger partial charge in [0, 0.05) is 25.3 Å². The quantitative estimate of drug-likeness (QED) is 0.805. The van der Waals surface area contributed by atoms with Crippen LogP contribution in [-0.2, 0) is 4.74 Å². The van der Waals surface area contributed by atoms with E-state index in [9.17, 15) is 14.4 Å². The molecule has 3 heterocycles. The van der Waals surface area contributed by atoms with Crippen LogP contribution in [0, 0.1) is 13.8 Å². The van der Waals surface area contributed by atoms with Crippen LogP contribution < -0.4 is 5.56 Å². The molecule has 2 aliphatic heterocycles. The Morgan fingerprint density at radius 2 is 2.10 bits per heavy atom. The lowest BCUT2D eigenvalue weighted by Gasteiger charge is -2.35. The zero-order chi connectivity index (χ0) is 15.1. The summed E-state index contributed by atoms with van der Waals surface area (Å²) in [5, 5.41) is 0. The highest BCUT2D eigenvalue weighted by molar-refractivity contribution is 5.95. The second-order valence-corrected chi connectivity index (χ2v) is 5.51. The molecule has 3 rings (SSSR count). The number of ether oxygens (including phenoxy) is 1. The molecule has 21 heavy (non-hydrogen) atoms. The highest BCUT2D eigenvalue weighted by Gasteiger charge is 2.39. The van der Waals surface area contributed by atoms with Gasteiger partial charge in [0.15, 0.2) is 0 Å². The number of carbonyl (C=O) groups is 2. The van der Waals surface area contributed by atoms with Crippen molar-refractivity contribution in [2.75, 3.05) is 26.2 Å². The van der Waals surface area contributed by atoms with E-state index < -0.39 is 0 Å². The molecule has 0 unspecified atom stereocenters. The van der Waals surface area contributed by atoms with Crippen molar-refractivity contribution in [2.24, 2.45) is 0 Å². The van der Waals surface area contributed by atoms with Crippen LogP contribution in [0.1, 0.15) is 21.6 Å². The number of hydrogen-bond donors (Lipinski definition) is 1. The molecule has 2 aliphatic rings. The predicted molar refractivity (Wildman–Crippen MR) is 74.3 cm³/mol. The van der Waals surface area contributed by atoms with Gasteiger partial charge >= 0.3 is 6.09 Å². The first-order valence-corrected chi connectivity index (χ1v) is 6.90. The molecule has 0 spiro atoms. The maximum Gasteiger partial charge on any atom is 0.410 e. The number of nitrogens with zero attached hydrogens (tertiary/aromatic N) is 2. The molecule has 1 N–H and O–H groups in total. The van der Waals surface area contributed by atoms with E-state index in [1.54, 1.807) is 29.7 Å². The van der Waals surface area contributed by atoms with Gasteiger partial charge < -0.3 is 14.6 Å². The molecule has 2 saturated heterocycles. The van der Waals surface area contributed by atoms with Crippen molar-refractivity contribution in [2.45, 2.75) is 19.9 Å². The van der Waals surface area contributed by atoms with Crippen LogP contribution in [0.2, 0.25) is 0 Å². The predicted octanol–water partition coefficient (Wildman–Crippen LogP) is 0.268. The zero-order valence-electron chi connectivity index (χ0n) is 12.0. The first-order chi connectivity index (χ1) is 9.97. The number of H-pyrrole nitrogens is 1. The Balaban J connectivity index is 1.84. The molecule has 7 nitrogen and oxygen atoms in total. The number of aryl methyl sites for hydroxylation is 2. The Morgan fingerprint density at radius 1 is 1.33 bits per heavy atom. The van der Waals surface area contributed by atoms with Gasteiger partial charge in [-0.25, -0.2) is 4.79 Å². The van der Waals surface area contributed by atoms with Gasteiger partial charge in [0.1, 0.15) is 12.2 Å². The minimum atomic E-state index is -0.362. The lowest BCUT2D eigenvalue weighted by molar-refractivity contribution is 0.0614. The summed E-state index contributed by atoms with van der Waals surface area (Å²) in [5.41, 5.74) is 1.22.